The van der Waals surface area contributed by atoms with Gasteiger partial charge < -0.3 is 45.7 Å². The molecule has 4 bridgehead atoms. The van der Waals surface area contributed by atoms with E-state index in [2.05, 4.69) is 43.4 Å². The molecule has 10 heteroatoms. The highest BCUT2D eigenvalue weighted by atomic mass is 16.5. The lowest BCUT2D eigenvalue weighted by Gasteiger charge is -2.26. The summed E-state index contributed by atoms with van der Waals surface area (Å²) < 4.78 is 15.8. The van der Waals surface area contributed by atoms with Crippen LogP contribution in [0.4, 0.5) is 0 Å². The first-order valence-electron chi connectivity index (χ1n) is 15.1. The van der Waals surface area contributed by atoms with Crippen molar-refractivity contribution in [3.8, 4) is 0 Å². The number of morpholine rings is 3. The first-order chi connectivity index (χ1) is 18.3. The highest BCUT2D eigenvalue weighted by Gasteiger charge is 2.31. The normalized spacial score (nSPS) is 34.9. The molecular formula is C27H55N7O3. The molecule has 10 nitrogen and oxygen atoms in total. The van der Waals surface area contributed by atoms with E-state index in [-0.39, 0.29) is 0 Å². The van der Waals surface area contributed by atoms with Crippen LogP contribution in [0.1, 0.15) is 32.1 Å². The molecule has 0 aromatic heterocycles. The average Bonchev–Trinajstić information content (AvgIpc) is 3.44. The van der Waals surface area contributed by atoms with Crippen LogP contribution in [-0.2, 0) is 14.2 Å². The SMILES string of the molecule is C1CC2CNCC1O2.C1CN(C2CC2)CCN1.C1COCCN1.C1OC2CNC1C2.CN1CCNCC1. The quantitative estimate of drug-likeness (QED) is 0.296. The van der Waals surface area contributed by atoms with Gasteiger partial charge in [-0.15, -0.1) is 0 Å². The number of nitrogens with one attached hydrogen (secondary N) is 5. The smallest absolute Gasteiger partial charge is 0.0716 e. The van der Waals surface area contributed by atoms with E-state index in [4.69, 9.17) is 14.2 Å². The van der Waals surface area contributed by atoms with Crippen LogP contribution in [0, 0.1) is 0 Å². The Hall–Kier alpha value is -0.400. The molecular weight excluding hydrogens is 470 g/mol. The number of ether oxygens (including phenoxy) is 3. The number of rotatable bonds is 1. The maximum absolute atomic E-state index is 5.53. The first kappa shape index (κ1) is 29.6. The third kappa shape index (κ3) is 12.1. The topological polar surface area (TPSA) is 94.3 Å². The molecule has 0 aromatic rings. The van der Waals surface area contributed by atoms with Gasteiger partial charge in [-0.3, -0.25) is 4.90 Å². The summed E-state index contributed by atoms with van der Waals surface area (Å²) in [6.45, 7) is 17.7. The summed E-state index contributed by atoms with van der Waals surface area (Å²) in [6.07, 6.45) is 8.38. The van der Waals surface area contributed by atoms with E-state index in [1.165, 1.54) is 71.4 Å². The summed E-state index contributed by atoms with van der Waals surface area (Å²) >= 11 is 0. The van der Waals surface area contributed by atoms with Gasteiger partial charge in [0, 0.05) is 97.2 Å². The van der Waals surface area contributed by atoms with Crippen LogP contribution in [-0.4, -0.2) is 152 Å². The Kier molecular flexibility index (Phi) is 13.8. The lowest BCUT2D eigenvalue weighted by Crippen LogP contribution is -2.44. The molecule has 1 aliphatic carbocycles. The molecule has 7 aliphatic heterocycles. The summed E-state index contributed by atoms with van der Waals surface area (Å²) in [4.78, 5) is 4.94. The van der Waals surface area contributed by atoms with Crippen molar-refractivity contribution in [2.75, 3.05) is 112 Å². The molecule has 8 rings (SSSR count). The minimum absolute atomic E-state index is 0.550. The molecule has 37 heavy (non-hydrogen) atoms. The maximum Gasteiger partial charge on any atom is 0.0716 e. The molecule has 7 heterocycles. The summed E-state index contributed by atoms with van der Waals surface area (Å²) in [5.41, 5.74) is 0. The highest BCUT2D eigenvalue weighted by molar-refractivity contribution is 4.88. The fraction of sp³-hybridized carbons (Fsp3) is 1.00. The van der Waals surface area contributed by atoms with Crippen molar-refractivity contribution in [1.82, 2.24) is 36.4 Å². The molecule has 1 saturated carbocycles. The molecule has 8 aliphatic rings. The van der Waals surface area contributed by atoms with Crippen LogP contribution in [0.2, 0.25) is 0 Å². The monoisotopic (exact) mass is 525 g/mol. The minimum Gasteiger partial charge on any atom is -0.379 e. The Balaban J connectivity index is 0.000000109. The third-order valence-electron chi connectivity index (χ3n) is 8.06. The Bertz CT molecular complexity index is 541. The van der Waals surface area contributed by atoms with E-state index >= 15 is 0 Å². The Morgan fingerprint density at radius 2 is 1.27 bits per heavy atom. The zero-order valence-electron chi connectivity index (χ0n) is 23.4. The number of hydrogen-bond acceptors (Lipinski definition) is 10. The van der Waals surface area contributed by atoms with Crippen molar-refractivity contribution >= 4 is 0 Å². The summed E-state index contributed by atoms with van der Waals surface area (Å²) in [5.74, 6) is 0. The largest absolute Gasteiger partial charge is 0.379 e. The lowest BCUT2D eigenvalue weighted by molar-refractivity contribution is 0.0184. The molecule has 4 unspecified atom stereocenters. The van der Waals surface area contributed by atoms with Crippen LogP contribution in [0.25, 0.3) is 0 Å². The Morgan fingerprint density at radius 1 is 0.649 bits per heavy atom. The minimum atomic E-state index is 0.550. The summed E-state index contributed by atoms with van der Waals surface area (Å²) in [7, 11) is 2.15. The molecule has 7 saturated heterocycles. The molecule has 0 spiro atoms. The number of fused-ring (bicyclic) bond motifs is 4. The predicted molar refractivity (Wildman–Crippen MR) is 148 cm³/mol. The number of hydrogen-bond donors (Lipinski definition) is 5. The van der Waals surface area contributed by atoms with Gasteiger partial charge in [-0.1, -0.05) is 0 Å². The van der Waals surface area contributed by atoms with Crippen molar-refractivity contribution < 1.29 is 14.2 Å². The van der Waals surface area contributed by atoms with Crippen LogP contribution < -0.4 is 26.6 Å². The van der Waals surface area contributed by atoms with Gasteiger partial charge in [0.1, 0.15) is 0 Å². The van der Waals surface area contributed by atoms with E-state index in [0.717, 1.165) is 71.7 Å². The standard InChI is InChI=1S/C7H14N2.C6H11NO.C5H12N2.C5H9NO.C4H9NO/c1-2-7(1)9-5-3-8-4-6-9;1-2-6-4-7-3-5(1)8-6;1-7-4-2-6-3-5-7;1-4-3-7-5(1)2-6-4;1-3-6-4-2-5-1/h7-8H,1-6H2;5-7H,1-4H2;6H,2-5H2,1H3;4-6H,1-3H2;5H,1-4H2. The fourth-order valence-electron chi connectivity index (χ4n) is 5.55. The van der Waals surface area contributed by atoms with Crippen LogP contribution in [0.15, 0.2) is 0 Å². The van der Waals surface area contributed by atoms with Crippen LogP contribution >= 0.6 is 0 Å². The van der Waals surface area contributed by atoms with Gasteiger partial charge in [0.15, 0.2) is 0 Å². The zero-order chi connectivity index (χ0) is 25.5. The van der Waals surface area contributed by atoms with E-state index in [9.17, 15) is 0 Å². The lowest BCUT2D eigenvalue weighted by atomic mass is 10.2. The molecule has 216 valence electrons. The second kappa shape index (κ2) is 17.3. The zero-order valence-corrected chi connectivity index (χ0v) is 23.4. The van der Waals surface area contributed by atoms with Crippen molar-refractivity contribution in [2.24, 2.45) is 0 Å². The second-order valence-electron chi connectivity index (χ2n) is 11.3. The Morgan fingerprint density at radius 3 is 1.59 bits per heavy atom. The van der Waals surface area contributed by atoms with Crippen molar-refractivity contribution in [3.05, 3.63) is 0 Å². The van der Waals surface area contributed by atoms with Crippen molar-refractivity contribution in [2.45, 2.75) is 62.5 Å². The summed E-state index contributed by atoms with van der Waals surface area (Å²) in [5, 5.41) is 16.4. The van der Waals surface area contributed by atoms with Crippen LogP contribution in [0.5, 0.6) is 0 Å². The average molecular weight is 526 g/mol. The van der Waals surface area contributed by atoms with Gasteiger partial charge in [0.25, 0.3) is 0 Å². The molecule has 4 atom stereocenters. The molecule has 8 fully saturated rings. The van der Waals surface area contributed by atoms with Gasteiger partial charge in [0.2, 0.25) is 0 Å². The van der Waals surface area contributed by atoms with E-state index in [1.54, 1.807) is 0 Å². The molecule has 0 radical (unpaired) electrons. The molecule has 0 aromatic carbocycles. The molecule has 0 amide bonds. The molecule has 5 N–H and O–H groups in total. The van der Waals surface area contributed by atoms with Crippen molar-refractivity contribution in [3.63, 3.8) is 0 Å². The van der Waals surface area contributed by atoms with Gasteiger partial charge in [-0.05, 0) is 39.2 Å². The van der Waals surface area contributed by atoms with Gasteiger partial charge in [-0.25, -0.2) is 0 Å². The highest BCUT2D eigenvalue weighted by Crippen LogP contribution is 2.26. The third-order valence-corrected chi connectivity index (χ3v) is 8.06. The van der Waals surface area contributed by atoms with Gasteiger partial charge >= 0.3 is 0 Å². The number of likely N-dealkylation sites (N-methyl/N-ethyl adjacent to an activating group) is 1. The van der Waals surface area contributed by atoms with Crippen LogP contribution in [0.3, 0.4) is 0 Å². The first-order valence-corrected chi connectivity index (χ1v) is 15.1. The summed E-state index contributed by atoms with van der Waals surface area (Å²) in [6, 6.07) is 1.68. The fourth-order valence-corrected chi connectivity index (χ4v) is 5.55. The van der Waals surface area contributed by atoms with E-state index in [0.29, 0.717) is 24.4 Å². The number of nitrogens with zero attached hydrogens (tertiary/aromatic N) is 2. The maximum atomic E-state index is 5.53. The van der Waals surface area contributed by atoms with Crippen molar-refractivity contribution in [1.29, 1.82) is 0 Å². The predicted octanol–water partition coefficient (Wildman–Crippen LogP) is -0.934. The van der Waals surface area contributed by atoms with E-state index in [1.807, 2.05) is 0 Å². The van der Waals surface area contributed by atoms with E-state index < -0.39 is 0 Å². The van der Waals surface area contributed by atoms with Gasteiger partial charge in [0.05, 0.1) is 38.1 Å². The number of piperazine rings is 2. The Labute approximate surface area is 225 Å². The second-order valence-corrected chi connectivity index (χ2v) is 11.3. The van der Waals surface area contributed by atoms with Gasteiger partial charge in [-0.2, -0.15) is 0 Å².